The van der Waals surface area contributed by atoms with Gasteiger partial charge in [0.25, 0.3) is 0 Å². The van der Waals surface area contributed by atoms with E-state index in [1.807, 2.05) is 25.2 Å². The Morgan fingerprint density at radius 3 is 2.76 bits per heavy atom. The first-order chi connectivity index (χ1) is 7.95. The molecule has 0 spiro atoms. The van der Waals surface area contributed by atoms with E-state index < -0.39 is 0 Å². The van der Waals surface area contributed by atoms with Crippen LogP contribution in [0.15, 0.2) is 18.2 Å². The maximum atomic E-state index is 6.02. The highest BCUT2D eigenvalue weighted by molar-refractivity contribution is 6.31. The Labute approximate surface area is 107 Å². The molecule has 0 saturated carbocycles. The lowest BCUT2D eigenvalue weighted by Crippen LogP contribution is -2.38. The molecule has 2 aromatic rings. The normalized spacial score (nSPS) is 12.3. The van der Waals surface area contributed by atoms with Crippen LogP contribution in [-0.4, -0.2) is 16.1 Å². The predicted molar refractivity (Wildman–Crippen MR) is 72.4 cm³/mol. The van der Waals surface area contributed by atoms with Crippen molar-refractivity contribution >= 4 is 22.6 Å². The molecule has 0 fully saturated rings. The standard InChI is InChI=1S/C13H18ClN3/c1-5-15-13(2,3)12-16-10-7-6-9(14)8-11(10)17(12)4/h6-8,15H,5H2,1-4H3. The molecule has 4 heteroatoms. The van der Waals surface area contributed by atoms with Crippen LogP contribution in [0.4, 0.5) is 0 Å². The molecule has 1 heterocycles. The van der Waals surface area contributed by atoms with Gasteiger partial charge in [-0.3, -0.25) is 0 Å². The molecule has 0 atom stereocenters. The number of halogens is 1. The zero-order chi connectivity index (χ0) is 12.6. The molecule has 17 heavy (non-hydrogen) atoms. The van der Waals surface area contributed by atoms with E-state index in [0.29, 0.717) is 0 Å². The average molecular weight is 252 g/mol. The average Bonchev–Trinajstić information content (AvgIpc) is 2.57. The van der Waals surface area contributed by atoms with Crippen molar-refractivity contribution in [1.29, 1.82) is 0 Å². The molecule has 0 aliphatic carbocycles. The Hall–Kier alpha value is -1.06. The fraction of sp³-hybridized carbons (Fsp3) is 0.462. The zero-order valence-electron chi connectivity index (χ0n) is 10.7. The smallest absolute Gasteiger partial charge is 0.129 e. The number of rotatable bonds is 3. The fourth-order valence-electron chi connectivity index (χ4n) is 2.24. The molecule has 0 amide bonds. The van der Waals surface area contributed by atoms with Gasteiger partial charge in [-0.15, -0.1) is 0 Å². The predicted octanol–water partition coefficient (Wildman–Crippen LogP) is 3.07. The lowest BCUT2D eigenvalue weighted by atomic mass is 10.1. The third kappa shape index (κ3) is 2.17. The van der Waals surface area contributed by atoms with Crippen LogP contribution in [0.1, 0.15) is 26.6 Å². The molecule has 0 aliphatic heterocycles. The van der Waals surface area contributed by atoms with Gasteiger partial charge < -0.3 is 9.88 Å². The number of nitrogens with zero attached hydrogens (tertiary/aromatic N) is 2. The Balaban J connectivity index is 2.60. The summed E-state index contributed by atoms with van der Waals surface area (Å²) in [5.74, 6) is 1.02. The maximum Gasteiger partial charge on any atom is 0.129 e. The molecule has 0 bridgehead atoms. The van der Waals surface area contributed by atoms with Crippen molar-refractivity contribution in [2.24, 2.45) is 7.05 Å². The van der Waals surface area contributed by atoms with Gasteiger partial charge in [-0.1, -0.05) is 18.5 Å². The summed E-state index contributed by atoms with van der Waals surface area (Å²) in [6.45, 7) is 7.29. The molecule has 0 radical (unpaired) electrons. The van der Waals surface area contributed by atoms with Gasteiger partial charge in [0, 0.05) is 12.1 Å². The first-order valence-electron chi connectivity index (χ1n) is 5.83. The Kier molecular flexibility index (Phi) is 3.15. The minimum Gasteiger partial charge on any atom is -0.330 e. The van der Waals surface area contributed by atoms with Crippen LogP contribution in [0.5, 0.6) is 0 Å². The Morgan fingerprint density at radius 2 is 2.12 bits per heavy atom. The first-order valence-corrected chi connectivity index (χ1v) is 6.21. The van der Waals surface area contributed by atoms with E-state index in [1.165, 1.54) is 0 Å². The maximum absolute atomic E-state index is 6.02. The summed E-state index contributed by atoms with van der Waals surface area (Å²) in [6, 6.07) is 5.79. The van der Waals surface area contributed by atoms with E-state index in [0.717, 1.165) is 28.4 Å². The van der Waals surface area contributed by atoms with Crippen LogP contribution in [0.3, 0.4) is 0 Å². The third-order valence-electron chi connectivity index (χ3n) is 3.02. The molecule has 92 valence electrons. The second-order valence-electron chi connectivity index (χ2n) is 4.78. The molecule has 1 N–H and O–H groups in total. The van der Waals surface area contributed by atoms with Gasteiger partial charge in [-0.05, 0) is 38.6 Å². The minimum absolute atomic E-state index is 0.144. The van der Waals surface area contributed by atoms with Crippen LogP contribution < -0.4 is 5.32 Å². The molecule has 3 nitrogen and oxygen atoms in total. The number of nitrogens with one attached hydrogen (secondary N) is 1. The first kappa shape index (κ1) is 12.4. The Morgan fingerprint density at radius 1 is 1.41 bits per heavy atom. The Bertz CT molecular complexity index is 543. The van der Waals surface area contributed by atoms with Gasteiger partial charge in [-0.2, -0.15) is 0 Å². The summed E-state index contributed by atoms with van der Waals surface area (Å²) >= 11 is 6.02. The van der Waals surface area contributed by atoms with Gasteiger partial charge in [0.05, 0.1) is 16.6 Å². The van der Waals surface area contributed by atoms with Gasteiger partial charge in [0.15, 0.2) is 0 Å². The van der Waals surface area contributed by atoms with Crippen molar-refractivity contribution in [1.82, 2.24) is 14.9 Å². The van der Waals surface area contributed by atoms with Crippen molar-refractivity contribution in [2.75, 3.05) is 6.54 Å². The fourth-order valence-corrected chi connectivity index (χ4v) is 2.41. The number of hydrogen-bond acceptors (Lipinski definition) is 2. The van der Waals surface area contributed by atoms with Crippen LogP contribution in [0.2, 0.25) is 5.02 Å². The summed E-state index contributed by atoms with van der Waals surface area (Å²) < 4.78 is 2.10. The lowest BCUT2D eigenvalue weighted by Gasteiger charge is -2.25. The molecule has 1 aromatic heterocycles. The third-order valence-corrected chi connectivity index (χ3v) is 3.26. The molecule has 0 unspecified atom stereocenters. The number of fused-ring (bicyclic) bond motifs is 1. The van der Waals surface area contributed by atoms with Crippen LogP contribution in [0.25, 0.3) is 11.0 Å². The van der Waals surface area contributed by atoms with Crippen molar-refractivity contribution in [3.63, 3.8) is 0 Å². The van der Waals surface area contributed by atoms with Crippen molar-refractivity contribution in [3.05, 3.63) is 29.0 Å². The van der Waals surface area contributed by atoms with E-state index in [2.05, 4.69) is 35.6 Å². The van der Waals surface area contributed by atoms with Gasteiger partial charge in [-0.25, -0.2) is 4.98 Å². The molecule has 2 rings (SSSR count). The minimum atomic E-state index is -0.144. The van der Waals surface area contributed by atoms with Crippen molar-refractivity contribution in [3.8, 4) is 0 Å². The summed E-state index contributed by atoms with van der Waals surface area (Å²) in [5.41, 5.74) is 1.91. The molecule has 1 aromatic carbocycles. The number of imidazole rings is 1. The highest BCUT2D eigenvalue weighted by Gasteiger charge is 2.25. The number of benzene rings is 1. The van der Waals surface area contributed by atoms with Gasteiger partial charge >= 0.3 is 0 Å². The summed E-state index contributed by atoms with van der Waals surface area (Å²) in [6.07, 6.45) is 0. The van der Waals surface area contributed by atoms with Gasteiger partial charge in [0.1, 0.15) is 5.82 Å². The van der Waals surface area contributed by atoms with E-state index in [4.69, 9.17) is 11.6 Å². The number of hydrogen-bond donors (Lipinski definition) is 1. The highest BCUT2D eigenvalue weighted by atomic mass is 35.5. The van der Waals surface area contributed by atoms with E-state index in [-0.39, 0.29) is 5.54 Å². The highest BCUT2D eigenvalue weighted by Crippen LogP contribution is 2.25. The largest absolute Gasteiger partial charge is 0.330 e. The lowest BCUT2D eigenvalue weighted by molar-refractivity contribution is 0.383. The quantitative estimate of drug-likeness (QED) is 0.909. The van der Waals surface area contributed by atoms with Crippen molar-refractivity contribution in [2.45, 2.75) is 26.3 Å². The number of aromatic nitrogens is 2. The molecule has 0 saturated heterocycles. The zero-order valence-corrected chi connectivity index (χ0v) is 11.5. The summed E-state index contributed by atoms with van der Waals surface area (Å²) in [5, 5.41) is 4.18. The van der Waals surface area contributed by atoms with E-state index in [1.54, 1.807) is 0 Å². The molecular weight excluding hydrogens is 234 g/mol. The van der Waals surface area contributed by atoms with Crippen LogP contribution in [0, 0.1) is 0 Å². The molecule has 0 aliphatic rings. The monoisotopic (exact) mass is 251 g/mol. The van der Waals surface area contributed by atoms with Crippen LogP contribution in [-0.2, 0) is 12.6 Å². The second kappa shape index (κ2) is 4.31. The van der Waals surface area contributed by atoms with E-state index in [9.17, 15) is 0 Å². The van der Waals surface area contributed by atoms with Gasteiger partial charge in [0.2, 0.25) is 0 Å². The van der Waals surface area contributed by atoms with E-state index >= 15 is 0 Å². The van der Waals surface area contributed by atoms with Crippen molar-refractivity contribution < 1.29 is 0 Å². The summed E-state index contributed by atoms with van der Waals surface area (Å²) in [4.78, 5) is 4.69. The topological polar surface area (TPSA) is 29.9 Å². The SMILES string of the molecule is CCNC(C)(C)c1nc2ccc(Cl)cc2n1C. The molecular formula is C13H18ClN3. The number of aryl methyl sites for hydroxylation is 1. The van der Waals surface area contributed by atoms with Crippen LogP contribution >= 0.6 is 11.6 Å². The summed E-state index contributed by atoms with van der Waals surface area (Å²) in [7, 11) is 2.03. The second-order valence-corrected chi connectivity index (χ2v) is 5.22.